The van der Waals surface area contributed by atoms with Gasteiger partial charge in [0.05, 0.1) is 0 Å². The molecule has 0 saturated heterocycles. The number of hydrogen-bond donors (Lipinski definition) is 2. The van der Waals surface area contributed by atoms with Crippen LogP contribution in [0, 0.1) is 0 Å². The summed E-state index contributed by atoms with van der Waals surface area (Å²) in [5.74, 6) is 0.0402. The fourth-order valence-corrected chi connectivity index (χ4v) is 1.46. The van der Waals surface area contributed by atoms with Crippen molar-refractivity contribution in [3.05, 3.63) is 27.5 Å². The van der Waals surface area contributed by atoms with Crippen molar-refractivity contribution in [3.63, 3.8) is 0 Å². The second-order valence-electron chi connectivity index (χ2n) is 2.85. The Labute approximate surface area is 63.7 Å². The predicted molar refractivity (Wildman–Crippen MR) is 40.8 cm³/mol. The summed E-state index contributed by atoms with van der Waals surface area (Å²) in [5, 5.41) is 9.19. The van der Waals surface area contributed by atoms with E-state index in [2.05, 4.69) is 4.98 Å². The number of aryl methyl sites for hydroxylation is 2. The maximum Gasteiger partial charge on any atom is 0.253 e. The van der Waals surface area contributed by atoms with E-state index in [4.69, 9.17) is 0 Å². The van der Waals surface area contributed by atoms with Crippen LogP contribution in [-0.2, 0) is 12.8 Å². The Morgan fingerprint density at radius 3 is 2.91 bits per heavy atom. The maximum atomic E-state index is 11.0. The molecular formula is C8H9NO2. The van der Waals surface area contributed by atoms with E-state index < -0.39 is 0 Å². The lowest BCUT2D eigenvalue weighted by Gasteiger charge is -2.11. The summed E-state index contributed by atoms with van der Waals surface area (Å²) in [6.45, 7) is 0. The molecule has 3 nitrogen and oxygen atoms in total. The molecule has 1 aromatic heterocycles. The summed E-state index contributed by atoms with van der Waals surface area (Å²) >= 11 is 0. The fraction of sp³-hybridized carbons (Fsp3) is 0.375. The van der Waals surface area contributed by atoms with Gasteiger partial charge < -0.3 is 5.11 Å². The summed E-state index contributed by atoms with van der Waals surface area (Å²) in [7, 11) is 0. The SMILES string of the molecule is O=c1[nH]c(O)c2cc1CCC2. The van der Waals surface area contributed by atoms with Crippen molar-refractivity contribution in [2.24, 2.45) is 0 Å². The van der Waals surface area contributed by atoms with E-state index in [-0.39, 0.29) is 11.4 Å². The van der Waals surface area contributed by atoms with Gasteiger partial charge in [0, 0.05) is 11.1 Å². The van der Waals surface area contributed by atoms with E-state index in [0.717, 1.165) is 30.4 Å². The first-order valence-electron chi connectivity index (χ1n) is 3.71. The number of H-pyrrole nitrogens is 1. The van der Waals surface area contributed by atoms with Gasteiger partial charge in [0.2, 0.25) is 0 Å². The highest BCUT2D eigenvalue weighted by molar-refractivity contribution is 5.31. The van der Waals surface area contributed by atoms with E-state index in [1.165, 1.54) is 0 Å². The summed E-state index contributed by atoms with van der Waals surface area (Å²) < 4.78 is 0. The molecule has 0 aromatic carbocycles. The van der Waals surface area contributed by atoms with E-state index in [1.54, 1.807) is 6.07 Å². The average molecular weight is 151 g/mol. The topological polar surface area (TPSA) is 53.1 Å². The zero-order valence-electron chi connectivity index (χ0n) is 6.05. The van der Waals surface area contributed by atoms with Gasteiger partial charge in [0.1, 0.15) is 0 Å². The molecule has 1 heterocycles. The number of nitrogens with one attached hydrogen (secondary N) is 1. The molecule has 2 bridgehead atoms. The van der Waals surface area contributed by atoms with Gasteiger partial charge in [0.25, 0.3) is 5.56 Å². The fourth-order valence-electron chi connectivity index (χ4n) is 1.46. The van der Waals surface area contributed by atoms with Crippen LogP contribution in [0.2, 0.25) is 0 Å². The van der Waals surface area contributed by atoms with Gasteiger partial charge in [-0.25, -0.2) is 0 Å². The minimum atomic E-state index is -0.147. The molecule has 0 saturated carbocycles. The van der Waals surface area contributed by atoms with Crippen LogP contribution in [-0.4, -0.2) is 10.1 Å². The first kappa shape index (κ1) is 6.46. The van der Waals surface area contributed by atoms with Gasteiger partial charge in [-0.15, -0.1) is 0 Å². The summed E-state index contributed by atoms with van der Waals surface area (Å²) in [6, 6.07) is 1.79. The van der Waals surface area contributed by atoms with E-state index in [1.807, 2.05) is 0 Å². The molecule has 1 aliphatic rings. The average Bonchev–Trinajstić information content (AvgIpc) is 2.02. The molecule has 0 fully saturated rings. The highest BCUT2D eigenvalue weighted by atomic mass is 16.3. The highest BCUT2D eigenvalue weighted by Crippen LogP contribution is 2.19. The van der Waals surface area contributed by atoms with Gasteiger partial charge >= 0.3 is 0 Å². The third kappa shape index (κ3) is 0.926. The van der Waals surface area contributed by atoms with Crippen LogP contribution in [0.1, 0.15) is 17.5 Å². The summed E-state index contributed by atoms with van der Waals surface area (Å²) in [6.07, 6.45) is 2.68. The van der Waals surface area contributed by atoms with Crippen LogP contribution in [0.15, 0.2) is 10.9 Å². The zero-order valence-corrected chi connectivity index (χ0v) is 6.05. The second kappa shape index (κ2) is 2.12. The van der Waals surface area contributed by atoms with Crippen molar-refractivity contribution in [2.75, 3.05) is 0 Å². The molecule has 0 amide bonds. The molecule has 0 unspecified atom stereocenters. The molecule has 0 radical (unpaired) electrons. The Hall–Kier alpha value is -1.25. The standard InChI is InChI=1S/C8H9NO2/c10-7-5-2-1-3-6(4-5)8(11)9-7/h4H,1-3H2,(H2,9,10,11). The van der Waals surface area contributed by atoms with E-state index in [0.29, 0.717) is 0 Å². The molecule has 3 heteroatoms. The third-order valence-electron chi connectivity index (χ3n) is 2.07. The van der Waals surface area contributed by atoms with Gasteiger partial charge in [-0.1, -0.05) is 0 Å². The van der Waals surface area contributed by atoms with Gasteiger partial charge in [-0.2, -0.15) is 0 Å². The monoisotopic (exact) mass is 151 g/mol. The van der Waals surface area contributed by atoms with Crippen LogP contribution in [0.25, 0.3) is 0 Å². The number of aromatic amines is 1. The Morgan fingerprint density at radius 1 is 1.36 bits per heavy atom. The van der Waals surface area contributed by atoms with Crippen LogP contribution >= 0.6 is 0 Å². The number of aromatic nitrogens is 1. The van der Waals surface area contributed by atoms with E-state index in [9.17, 15) is 9.90 Å². The molecule has 11 heavy (non-hydrogen) atoms. The Bertz CT molecular complexity index is 340. The molecule has 1 aromatic rings. The smallest absolute Gasteiger partial charge is 0.253 e. The predicted octanol–water partition coefficient (Wildman–Crippen LogP) is 0.569. The molecule has 2 rings (SSSR count). The number of hydrogen-bond acceptors (Lipinski definition) is 2. The van der Waals surface area contributed by atoms with Crippen LogP contribution in [0.3, 0.4) is 0 Å². The third-order valence-corrected chi connectivity index (χ3v) is 2.07. The number of aromatic hydroxyl groups is 1. The molecular weight excluding hydrogens is 142 g/mol. The minimum absolute atomic E-state index is 0.0402. The Morgan fingerprint density at radius 2 is 2.09 bits per heavy atom. The lowest BCUT2D eigenvalue weighted by atomic mass is 9.98. The first-order valence-corrected chi connectivity index (χ1v) is 3.71. The van der Waals surface area contributed by atoms with Crippen molar-refractivity contribution in [1.29, 1.82) is 0 Å². The second-order valence-corrected chi connectivity index (χ2v) is 2.85. The highest BCUT2D eigenvalue weighted by Gasteiger charge is 2.12. The summed E-state index contributed by atoms with van der Waals surface area (Å²) in [4.78, 5) is 13.5. The van der Waals surface area contributed by atoms with Crippen molar-refractivity contribution in [1.82, 2.24) is 4.98 Å². The Balaban J connectivity index is 2.71. The van der Waals surface area contributed by atoms with Crippen molar-refractivity contribution < 1.29 is 5.11 Å². The normalized spacial score (nSPS) is 14.9. The van der Waals surface area contributed by atoms with E-state index >= 15 is 0 Å². The van der Waals surface area contributed by atoms with Crippen LogP contribution in [0.5, 0.6) is 5.88 Å². The zero-order chi connectivity index (χ0) is 7.84. The largest absolute Gasteiger partial charge is 0.494 e. The number of rotatable bonds is 0. The van der Waals surface area contributed by atoms with Crippen molar-refractivity contribution >= 4 is 0 Å². The lowest BCUT2D eigenvalue weighted by molar-refractivity contribution is 0.439. The quantitative estimate of drug-likeness (QED) is 0.569. The van der Waals surface area contributed by atoms with Crippen molar-refractivity contribution in [2.45, 2.75) is 19.3 Å². The molecule has 0 atom stereocenters. The van der Waals surface area contributed by atoms with Gasteiger partial charge in [-0.3, -0.25) is 9.78 Å². The van der Waals surface area contributed by atoms with Gasteiger partial charge in [-0.05, 0) is 25.3 Å². The number of pyridine rings is 1. The summed E-state index contributed by atoms with van der Waals surface area (Å²) in [5.41, 5.74) is 1.51. The molecule has 2 N–H and O–H groups in total. The molecule has 0 spiro atoms. The Kier molecular flexibility index (Phi) is 1.24. The molecule has 0 aliphatic heterocycles. The number of fused-ring (bicyclic) bond motifs is 2. The van der Waals surface area contributed by atoms with Crippen molar-refractivity contribution in [3.8, 4) is 5.88 Å². The first-order chi connectivity index (χ1) is 5.27. The van der Waals surface area contributed by atoms with Crippen LogP contribution < -0.4 is 5.56 Å². The lowest BCUT2D eigenvalue weighted by Crippen LogP contribution is -2.16. The molecule has 1 aliphatic carbocycles. The minimum Gasteiger partial charge on any atom is -0.494 e. The van der Waals surface area contributed by atoms with Gasteiger partial charge in [0.15, 0.2) is 5.88 Å². The maximum absolute atomic E-state index is 11.0. The molecule has 58 valence electrons. The van der Waals surface area contributed by atoms with Crippen LogP contribution in [0.4, 0.5) is 0 Å².